The van der Waals surface area contributed by atoms with Gasteiger partial charge in [0.25, 0.3) is 0 Å². The Balaban J connectivity index is 3.82. The van der Waals surface area contributed by atoms with Crippen LogP contribution in [0.5, 0.6) is 0 Å². The highest BCUT2D eigenvalue weighted by Gasteiger charge is 2.19. The Morgan fingerprint density at radius 2 is 1.82 bits per heavy atom. The zero-order valence-electron chi connectivity index (χ0n) is 11.3. The van der Waals surface area contributed by atoms with E-state index in [1.807, 2.05) is 27.7 Å². The molecule has 0 fully saturated rings. The first-order chi connectivity index (χ1) is 7.76. The van der Waals surface area contributed by atoms with E-state index in [9.17, 15) is 9.59 Å². The molecule has 0 unspecified atom stereocenters. The third-order valence-corrected chi connectivity index (χ3v) is 1.78. The highest BCUT2D eigenvalue weighted by atomic mass is 16.6. The minimum absolute atomic E-state index is 0.231. The zero-order chi connectivity index (χ0) is 13.5. The van der Waals surface area contributed by atoms with Crippen LogP contribution in [0.1, 0.15) is 27.7 Å². The number of amides is 3. The van der Waals surface area contributed by atoms with Gasteiger partial charge in [-0.25, -0.2) is 9.59 Å². The first-order valence-corrected chi connectivity index (χ1v) is 5.72. The highest BCUT2D eigenvalue weighted by Crippen LogP contribution is 2.08. The maximum Gasteiger partial charge on any atom is 0.410 e. The topological polar surface area (TPSA) is 70.7 Å². The number of hydrogen-bond acceptors (Lipinski definition) is 3. The van der Waals surface area contributed by atoms with Crippen LogP contribution in [0, 0.1) is 0 Å². The molecule has 6 nitrogen and oxygen atoms in total. The van der Waals surface area contributed by atoms with Gasteiger partial charge in [0.2, 0.25) is 0 Å². The van der Waals surface area contributed by atoms with Gasteiger partial charge in [-0.1, -0.05) is 0 Å². The van der Waals surface area contributed by atoms with E-state index in [0.29, 0.717) is 19.6 Å². The van der Waals surface area contributed by atoms with Crippen molar-refractivity contribution in [1.82, 2.24) is 15.5 Å². The third kappa shape index (κ3) is 8.36. The van der Waals surface area contributed by atoms with Crippen LogP contribution in [-0.4, -0.2) is 49.3 Å². The van der Waals surface area contributed by atoms with Crippen molar-refractivity contribution in [3.63, 3.8) is 0 Å². The van der Waals surface area contributed by atoms with E-state index in [-0.39, 0.29) is 6.03 Å². The first kappa shape index (κ1) is 15.5. The molecule has 0 saturated carbocycles. The molecule has 17 heavy (non-hydrogen) atoms. The molecule has 0 aliphatic carbocycles. The van der Waals surface area contributed by atoms with Gasteiger partial charge in [0.1, 0.15) is 5.60 Å². The van der Waals surface area contributed by atoms with Crippen molar-refractivity contribution in [2.24, 2.45) is 0 Å². The van der Waals surface area contributed by atoms with Crippen molar-refractivity contribution in [2.75, 3.05) is 26.7 Å². The first-order valence-electron chi connectivity index (χ1n) is 5.72. The largest absolute Gasteiger partial charge is 0.444 e. The van der Waals surface area contributed by atoms with Crippen LogP contribution < -0.4 is 10.6 Å². The molecule has 0 aromatic carbocycles. The molecular weight excluding hydrogens is 222 g/mol. The lowest BCUT2D eigenvalue weighted by atomic mass is 10.2. The summed E-state index contributed by atoms with van der Waals surface area (Å²) >= 11 is 0. The average molecular weight is 245 g/mol. The van der Waals surface area contributed by atoms with Gasteiger partial charge in [0.15, 0.2) is 0 Å². The van der Waals surface area contributed by atoms with E-state index in [1.165, 1.54) is 4.90 Å². The van der Waals surface area contributed by atoms with Gasteiger partial charge in [-0.15, -0.1) is 0 Å². The van der Waals surface area contributed by atoms with Gasteiger partial charge >= 0.3 is 12.1 Å². The van der Waals surface area contributed by atoms with Gasteiger partial charge < -0.3 is 20.3 Å². The molecule has 0 heterocycles. The highest BCUT2D eigenvalue weighted by molar-refractivity contribution is 5.73. The Kier molecular flexibility index (Phi) is 6.38. The summed E-state index contributed by atoms with van der Waals surface area (Å²) in [5.41, 5.74) is -0.502. The number of urea groups is 1. The Morgan fingerprint density at radius 3 is 2.29 bits per heavy atom. The fraction of sp³-hybridized carbons (Fsp3) is 0.818. The minimum Gasteiger partial charge on any atom is -0.444 e. The van der Waals surface area contributed by atoms with Crippen molar-refractivity contribution < 1.29 is 14.3 Å². The van der Waals surface area contributed by atoms with Crippen LogP contribution >= 0.6 is 0 Å². The molecule has 6 heteroatoms. The van der Waals surface area contributed by atoms with Gasteiger partial charge in [0.05, 0.1) is 0 Å². The van der Waals surface area contributed by atoms with Crippen molar-refractivity contribution in [2.45, 2.75) is 33.3 Å². The maximum absolute atomic E-state index is 11.5. The number of hydrogen-bond donors (Lipinski definition) is 2. The molecule has 2 N–H and O–H groups in total. The fourth-order valence-corrected chi connectivity index (χ4v) is 0.991. The molecule has 0 atom stereocenters. The fourth-order valence-electron chi connectivity index (χ4n) is 0.991. The Morgan fingerprint density at radius 1 is 1.24 bits per heavy atom. The number of carbonyl (C=O) groups is 2. The maximum atomic E-state index is 11.5. The van der Waals surface area contributed by atoms with Crippen LogP contribution in [0.15, 0.2) is 0 Å². The Labute approximate surface area is 103 Å². The van der Waals surface area contributed by atoms with Crippen LogP contribution in [0.2, 0.25) is 0 Å². The summed E-state index contributed by atoms with van der Waals surface area (Å²) in [5, 5.41) is 5.23. The molecule has 0 radical (unpaired) electrons. The summed E-state index contributed by atoms with van der Waals surface area (Å²) in [4.78, 5) is 24.0. The molecule has 0 rings (SSSR count). The predicted octanol–water partition coefficient (Wildman–Crippen LogP) is 1.17. The molecule has 0 saturated heterocycles. The van der Waals surface area contributed by atoms with Crippen molar-refractivity contribution in [3.05, 3.63) is 0 Å². The second kappa shape index (κ2) is 6.98. The lowest BCUT2D eigenvalue weighted by Gasteiger charge is -2.24. The molecule has 0 aromatic rings. The predicted molar refractivity (Wildman–Crippen MR) is 65.9 cm³/mol. The van der Waals surface area contributed by atoms with E-state index in [1.54, 1.807) is 7.05 Å². The molecule has 0 aliphatic rings. The van der Waals surface area contributed by atoms with E-state index < -0.39 is 11.7 Å². The Hall–Kier alpha value is -1.46. The van der Waals surface area contributed by atoms with Gasteiger partial charge in [0, 0.05) is 26.7 Å². The van der Waals surface area contributed by atoms with Crippen LogP contribution in [0.3, 0.4) is 0 Å². The summed E-state index contributed by atoms with van der Waals surface area (Å²) in [6.07, 6.45) is -0.393. The molecular formula is C11H23N3O3. The summed E-state index contributed by atoms with van der Waals surface area (Å²) in [6.45, 7) is 8.65. The summed E-state index contributed by atoms with van der Waals surface area (Å²) < 4.78 is 5.16. The molecule has 100 valence electrons. The smallest absolute Gasteiger partial charge is 0.410 e. The van der Waals surface area contributed by atoms with Crippen LogP contribution in [0.4, 0.5) is 9.59 Å². The lowest BCUT2D eigenvalue weighted by molar-refractivity contribution is 0.0301. The number of rotatable bonds is 4. The average Bonchev–Trinajstić information content (AvgIpc) is 2.15. The van der Waals surface area contributed by atoms with E-state index in [2.05, 4.69) is 10.6 Å². The number of nitrogens with one attached hydrogen (secondary N) is 2. The standard InChI is InChI=1S/C11H23N3O3/c1-6-12-9(15)13-7-8-14(5)10(16)17-11(2,3)4/h6-8H2,1-5H3,(H2,12,13,15). The molecule has 3 amide bonds. The molecule has 0 aromatic heterocycles. The number of carbonyl (C=O) groups excluding carboxylic acids is 2. The van der Waals surface area contributed by atoms with E-state index in [0.717, 1.165) is 0 Å². The minimum atomic E-state index is -0.502. The number of likely N-dealkylation sites (N-methyl/N-ethyl adjacent to an activating group) is 1. The summed E-state index contributed by atoms with van der Waals surface area (Å²) in [5.74, 6) is 0. The molecule has 0 bridgehead atoms. The SMILES string of the molecule is CCNC(=O)NCCN(C)C(=O)OC(C)(C)C. The van der Waals surface area contributed by atoms with Crippen molar-refractivity contribution >= 4 is 12.1 Å². The normalized spacial score (nSPS) is 10.6. The van der Waals surface area contributed by atoms with E-state index in [4.69, 9.17) is 4.74 Å². The van der Waals surface area contributed by atoms with Gasteiger partial charge in [-0.3, -0.25) is 0 Å². The molecule has 0 spiro atoms. The van der Waals surface area contributed by atoms with E-state index >= 15 is 0 Å². The van der Waals surface area contributed by atoms with Crippen LogP contribution in [-0.2, 0) is 4.74 Å². The van der Waals surface area contributed by atoms with Crippen LogP contribution in [0.25, 0.3) is 0 Å². The second-order valence-electron chi connectivity index (χ2n) is 4.69. The lowest BCUT2D eigenvalue weighted by Crippen LogP contribution is -2.42. The number of nitrogens with zero attached hydrogens (tertiary/aromatic N) is 1. The number of ether oxygens (including phenoxy) is 1. The summed E-state index contributed by atoms with van der Waals surface area (Å²) in [6, 6.07) is -0.231. The monoisotopic (exact) mass is 245 g/mol. The van der Waals surface area contributed by atoms with Gasteiger partial charge in [-0.2, -0.15) is 0 Å². The van der Waals surface area contributed by atoms with Crippen molar-refractivity contribution in [1.29, 1.82) is 0 Å². The second-order valence-corrected chi connectivity index (χ2v) is 4.69. The third-order valence-electron chi connectivity index (χ3n) is 1.78. The van der Waals surface area contributed by atoms with Crippen molar-refractivity contribution in [3.8, 4) is 0 Å². The molecule has 0 aliphatic heterocycles. The quantitative estimate of drug-likeness (QED) is 0.781. The van der Waals surface area contributed by atoms with Gasteiger partial charge in [-0.05, 0) is 27.7 Å². The zero-order valence-corrected chi connectivity index (χ0v) is 11.3. The Bertz CT molecular complexity index is 261. The summed E-state index contributed by atoms with van der Waals surface area (Å²) in [7, 11) is 1.63.